The molecule has 0 amide bonds. The molecule has 1 saturated heterocycles. The summed E-state index contributed by atoms with van der Waals surface area (Å²) < 4.78 is 0. The molecule has 2 atom stereocenters. The SMILES string of the molecule is CC1C(N)CC2(CCC2)CN1Cc1ccccc1. The van der Waals surface area contributed by atoms with E-state index < -0.39 is 0 Å². The van der Waals surface area contributed by atoms with E-state index in [2.05, 4.69) is 42.2 Å². The lowest BCUT2D eigenvalue weighted by molar-refractivity contribution is -0.0223. The molecule has 2 unspecified atom stereocenters. The Morgan fingerprint density at radius 1 is 1.28 bits per heavy atom. The van der Waals surface area contributed by atoms with Crippen LogP contribution in [0, 0.1) is 5.41 Å². The van der Waals surface area contributed by atoms with Gasteiger partial charge in [-0.2, -0.15) is 0 Å². The molecule has 2 heteroatoms. The van der Waals surface area contributed by atoms with E-state index in [0.717, 1.165) is 6.54 Å². The summed E-state index contributed by atoms with van der Waals surface area (Å²) in [7, 11) is 0. The van der Waals surface area contributed by atoms with E-state index in [-0.39, 0.29) is 0 Å². The molecule has 0 bridgehead atoms. The van der Waals surface area contributed by atoms with Crippen LogP contribution in [0.1, 0.15) is 38.2 Å². The predicted molar refractivity (Wildman–Crippen MR) is 75.2 cm³/mol. The van der Waals surface area contributed by atoms with Gasteiger partial charge in [0, 0.05) is 25.2 Å². The van der Waals surface area contributed by atoms with Gasteiger partial charge in [0.15, 0.2) is 0 Å². The van der Waals surface area contributed by atoms with Gasteiger partial charge in [-0.25, -0.2) is 0 Å². The lowest BCUT2D eigenvalue weighted by Gasteiger charge is -2.53. The molecule has 0 radical (unpaired) electrons. The molecule has 1 aliphatic heterocycles. The van der Waals surface area contributed by atoms with Crippen molar-refractivity contribution in [2.24, 2.45) is 11.1 Å². The van der Waals surface area contributed by atoms with Crippen molar-refractivity contribution >= 4 is 0 Å². The van der Waals surface area contributed by atoms with Crippen LogP contribution in [0.2, 0.25) is 0 Å². The highest BCUT2D eigenvalue weighted by Crippen LogP contribution is 2.48. The summed E-state index contributed by atoms with van der Waals surface area (Å²) in [5, 5.41) is 0. The molecule has 2 fully saturated rings. The second-order valence-corrected chi connectivity index (χ2v) is 6.35. The Labute approximate surface area is 110 Å². The van der Waals surface area contributed by atoms with Crippen LogP contribution in [0.3, 0.4) is 0 Å². The number of likely N-dealkylation sites (tertiary alicyclic amines) is 1. The zero-order valence-electron chi connectivity index (χ0n) is 11.3. The first-order chi connectivity index (χ1) is 8.69. The molecule has 18 heavy (non-hydrogen) atoms. The summed E-state index contributed by atoms with van der Waals surface area (Å²) in [4.78, 5) is 2.60. The molecular weight excluding hydrogens is 220 g/mol. The van der Waals surface area contributed by atoms with Gasteiger partial charge in [-0.3, -0.25) is 4.90 Å². The molecule has 2 aliphatic rings. The highest BCUT2D eigenvalue weighted by Gasteiger charge is 2.45. The Hall–Kier alpha value is -0.860. The first-order valence-electron chi connectivity index (χ1n) is 7.22. The van der Waals surface area contributed by atoms with Crippen LogP contribution < -0.4 is 5.73 Å². The average molecular weight is 244 g/mol. The smallest absolute Gasteiger partial charge is 0.0237 e. The maximum atomic E-state index is 6.37. The number of rotatable bonds is 2. The second-order valence-electron chi connectivity index (χ2n) is 6.35. The minimum absolute atomic E-state index is 0.350. The lowest BCUT2D eigenvalue weighted by Crippen LogP contribution is -2.59. The molecule has 1 aliphatic carbocycles. The minimum atomic E-state index is 0.350. The van der Waals surface area contributed by atoms with E-state index in [4.69, 9.17) is 5.73 Å². The number of nitrogens with zero attached hydrogens (tertiary/aromatic N) is 1. The van der Waals surface area contributed by atoms with Gasteiger partial charge in [0.25, 0.3) is 0 Å². The molecule has 1 aromatic rings. The highest BCUT2D eigenvalue weighted by atomic mass is 15.2. The Bertz CT molecular complexity index is 397. The normalized spacial score (nSPS) is 31.2. The van der Waals surface area contributed by atoms with Gasteiger partial charge in [0.2, 0.25) is 0 Å². The van der Waals surface area contributed by atoms with Crippen LogP contribution in [0.4, 0.5) is 0 Å². The van der Waals surface area contributed by atoms with Gasteiger partial charge in [-0.15, -0.1) is 0 Å². The summed E-state index contributed by atoms with van der Waals surface area (Å²) in [6.45, 7) is 4.59. The van der Waals surface area contributed by atoms with Crippen LogP contribution in [0.15, 0.2) is 30.3 Å². The molecule has 0 aromatic heterocycles. The monoisotopic (exact) mass is 244 g/mol. The topological polar surface area (TPSA) is 29.3 Å². The fourth-order valence-corrected chi connectivity index (χ4v) is 3.64. The number of benzene rings is 1. The van der Waals surface area contributed by atoms with E-state index in [0.29, 0.717) is 17.5 Å². The van der Waals surface area contributed by atoms with Gasteiger partial charge >= 0.3 is 0 Å². The largest absolute Gasteiger partial charge is 0.326 e. The van der Waals surface area contributed by atoms with Crippen LogP contribution in [-0.4, -0.2) is 23.5 Å². The third-order valence-electron chi connectivity index (χ3n) is 5.05. The standard InChI is InChI=1S/C16H24N2/c1-13-15(17)10-16(8-5-9-16)12-18(13)11-14-6-3-2-4-7-14/h2-4,6-7,13,15H,5,8-12,17H2,1H3. The third-order valence-corrected chi connectivity index (χ3v) is 5.05. The summed E-state index contributed by atoms with van der Waals surface area (Å²) in [6.07, 6.45) is 5.41. The average Bonchev–Trinajstić information content (AvgIpc) is 2.34. The fraction of sp³-hybridized carbons (Fsp3) is 0.625. The Balaban J connectivity index is 1.73. The molecule has 1 saturated carbocycles. The minimum Gasteiger partial charge on any atom is -0.326 e. The van der Waals surface area contributed by atoms with Crippen molar-refractivity contribution in [1.29, 1.82) is 0 Å². The summed E-state index contributed by atoms with van der Waals surface area (Å²) >= 11 is 0. The quantitative estimate of drug-likeness (QED) is 0.867. The van der Waals surface area contributed by atoms with Crippen LogP contribution in [0.25, 0.3) is 0 Å². The second kappa shape index (κ2) is 4.67. The molecule has 1 heterocycles. The van der Waals surface area contributed by atoms with Gasteiger partial charge < -0.3 is 5.73 Å². The van der Waals surface area contributed by atoms with E-state index in [1.807, 2.05) is 0 Å². The number of hydrogen-bond donors (Lipinski definition) is 1. The number of hydrogen-bond acceptors (Lipinski definition) is 2. The van der Waals surface area contributed by atoms with Crippen molar-refractivity contribution in [1.82, 2.24) is 4.90 Å². The van der Waals surface area contributed by atoms with Crippen molar-refractivity contribution in [3.05, 3.63) is 35.9 Å². The van der Waals surface area contributed by atoms with E-state index in [1.165, 1.54) is 37.8 Å². The van der Waals surface area contributed by atoms with Crippen molar-refractivity contribution in [3.8, 4) is 0 Å². The molecule has 98 valence electrons. The number of nitrogens with two attached hydrogens (primary N) is 1. The summed E-state index contributed by atoms with van der Waals surface area (Å²) in [5.74, 6) is 0. The van der Waals surface area contributed by atoms with Gasteiger partial charge in [-0.05, 0) is 37.2 Å². The van der Waals surface area contributed by atoms with Crippen LogP contribution >= 0.6 is 0 Å². The van der Waals surface area contributed by atoms with Crippen molar-refractivity contribution in [3.63, 3.8) is 0 Å². The molecule has 1 aromatic carbocycles. The molecular formula is C16H24N2. The first-order valence-corrected chi connectivity index (χ1v) is 7.22. The third kappa shape index (κ3) is 2.19. The maximum Gasteiger partial charge on any atom is 0.0237 e. The van der Waals surface area contributed by atoms with Crippen molar-refractivity contribution < 1.29 is 0 Å². The summed E-state index contributed by atoms with van der Waals surface area (Å²) in [6, 6.07) is 11.6. The lowest BCUT2D eigenvalue weighted by atomic mass is 9.62. The van der Waals surface area contributed by atoms with E-state index >= 15 is 0 Å². The van der Waals surface area contributed by atoms with Gasteiger partial charge in [-0.1, -0.05) is 36.8 Å². The molecule has 1 spiro atoms. The van der Waals surface area contributed by atoms with Gasteiger partial charge in [0.1, 0.15) is 0 Å². The Morgan fingerprint density at radius 2 is 2.00 bits per heavy atom. The first kappa shape index (κ1) is 12.2. The molecule has 2 nitrogen and oxygen atoms in total. The fourth-order valence-electron chi connectivity index (χ4n) is 3.64. The zero-order chi connectivity index (χ0) is 12.6. The Morgan fingerprint density at radius 3 is 2.61 bits per heavy atom. The van der Waals surface area contributed by atoms with Crippen molar-refractivity contribution in [2.75, 3.05) is 6.54 Å². The number of piperidine rings is 1. The Kier molecular flexibility index (Phi) is 3.16. The summed E-state index contributed by atoms with van der Waals surface area (Å²) in [5.41, 5.74) is 8.33. The van der Waals surface area contributed by atoms with Crippen molar-refractivity contribution in [2.45, 2.75) is 51.2 Å². The van der Waals surface area contributed by atoms with E-state index in [1.54, 1.807) is 0 Å². The molecule has 2 N–H and O–H groups in total. The van der Waals surface area contributed by atoms with Gasteiger partial charge in [0.05, 0.1) is 0 Å². The molecule has 3 rings (SSSR count). The van der Waals surface area contributed by atoms with E-state index in [9.17, 15) is 0 Å². The van der Waals surface area contributed by atoms with Crippen LogP contribution in [0.5, 0.6) is 0 Å². The highest BCUT2D eigenvalue weighted by molar-refractivity contribution is 5.15. The zero-order valence-corrected chi connectivity index (χ0v) is 11.3. The van der Waals surface area contributed by atoms with Crippen LogP contribution in [-0.2, 0) is 6.54 Å². The maximum absolute atomic E-state index is 6.37. The predicted octanol–water partition coefficient (Wildman–Crippen LogP) is 2.78.